The summed E-state index contributed by atoms with van der Waals surface area (Å²) in [5.41, 5.74) is 0.899. The molecule has 0 unspecified atom stereocenters. The summed E-state index contributed by atoms with van der Waals surface area (Å²) in [5.74, 6) is 0.742. The second-order valence-electron chi connectivity index (χ2n) is 3.46. The van der Waals surface area contributed by atoms with Crippen molar-refractivity contribution in [3.05, 3.63) is 45.6 Å². The summed E-state index contributed by atoms with van der Waals surface area (Å²) in [4.78, 5) is 10.1. The Kier molecular flexibility index (Phi) is 4.51. The Morgan fingerprint density at radius 3 is 2.94 bits per heavy atom. The van der Waals surface area contributed by atoms with Crippen molar-refractivity contribution in [2.45, 2.75) is 20.3 Å². The number of hydrogen-bond donors (Lipinski definition) is 0. The van der Waals surface area contributed by atoms with E-state index in [1.54, 1.807) is 6.07 Å². The molecule has 16 heavy (non-hydrogen) atoms. The summed E-state index contributed by atoms with van der Waals surface area (Å²) < 4.78 is 5.44. The predicted octanol–water partition coefficient (Wildman–Crippen LogP) is 3.11. The maximum Gasteiger partial charge on any atom is 0.243 e. The van der Waals surface area contributed by atoms with E-state index in [2.05, 4.69) is 0 Å². The first kappa shape index (κ1) is 12.2. The molecule has 0 saturated heterocycles. The third-order valence-corrected chi connectivity index (χ3v) is 1.99. The van der Waals surface area contributed by atoms with Crippen molar-refractivity contribution in [2.24, 2.45) is 0 Å². The van der Waals surface area contributed by atoms with Crippen LogP contribution in [-0.4, -0.2) is 11.5 Å². The molecular formula is C12H15NO3. The van der Waals surface area contributed by atoms with E-state index in [0.717, 1.165) is 17.7 Å². The van der Waals surface area contributed by atoms with E-state index in [-0.39, 0.29) is 5.70 Å². The van der Waals surface area contributed by atoms with Gasteiger partial charge in [0.15, 0.2) is 0 Å². The van der Waals surface area contributed by atoms with E-state index in [1.807, 2.05) is 25.1 Å². The lowest BCUT2D eigenvalue weighted by Gasteiger charge is -2.04. The molecule has 0 aromatic heterocycles. The standard InChI is InChI=1S/C12H15NO3/c1-3-7-16-12-6-4-5-11(9-12)8-10(2)13(14)15/h4-6,8-9H,3,7H2,1-2H3. The molecule has 0 aliphatic rings. The van der Waals surface area contributed by atoms with Crippen LogP contribution in [0.3, 0.4) is 0 Å². The van der Waals surface area contributed by atoms with Gasteiger partial charge in [0.05, 0.1) is 11.5 Å². The van der Waals surface area contributed by atoms with Gasteiger partial charge in [-0.15, -0.1) is 0 Å². The van der Waals surface area contributed by atoms with Crippen molar-refractivity contribution >= 4 is 6.08 Å². The molecule has 1 aromatic rings. The maximum absolute atomic E-state index is 10.5. The molecule has 1 aromatic carbocycles. The number of hydrogen-bond acceptors (Lipinski definition) is 3. The second-order valence-corrected chi connectivity index (χ2v) is 3.46. The number of nitrogens with zero attached hydrogens (tertiary/aromatic N) is 1. The van der Waals surface area contributed by atoms with Gasteiger partial charge in [0.25, 0.3) is 0 Å². The van der Waals surface area contributed by atoms with Crippen molar-refractivity contribution in [2.75, 3.05) is 6.61 Å². The van der Waals surface area contributed by atoms with Crippen LogP contribution >= 0.6 is 0 Å². The van der Waals surface area contributed by atoms with Gasteiger partial charge in [0.1, 0.15) is 5.75 Å². The lowest BCUT2D eigenvalue weighted by molar-refractivity contribution is -0.422. The third-order valence-electron chi connectivity index (χ3n) is 1.99. The van der Waals surface area contributed by atoms with E-state index < -0.39 is 4.92 Å². The second kappa shape index (κ2) is 5.90. The molecule has 0 bridgehead atoms. The molecule has 0 radical (unpaired) electrons. The van der Waals surface area contributed by atoms with Gasteiger partial charge >= 0.3 is 0 Å². The first-order valence-corrected chi connectivity index (χ1v) is 5.19. The highest BCUT2D eigenvalue weighted by Crippen LogP contribution is 2.16. The van der Waals surface area contributed by atoms with E-state index >= 15 is 0 Å². The Labute approximate surface area is 94.7 Å². The van der Waals surface area contributed by atoms with Crippen LogP contribution in [0.2, 0.25) is 0 Å². The lowest BCUT2D eigenvalue weighted by atomic mass is 10.2. The number of allylic oxidation sites excluding steroid dienone is 1. The highest BCUT2D eigenvalue weighted by atomic mass is 16.6. The van der Waals surface area contributed by atoms with Gasteiger partial charge in [-0.1, -0.05) is 19.1 Å². The smallest absolute Gasteiger partial charge is 0.243 e. The minimum Gasteiger partial charge on any atom is -0.494 e. The Hall–Kier alpha value is -1.84. The molecule has 0 N–H and O–H groups in total. The summed E-state index contributed by atoms with van der Waals surface area (Å²) in [5, 5.41) is 10.5. The van der Waals surface area contributed by atoms with E-state index in [4.69, 9.17) is 4.74 Å². The van der Waals surface area contributed by atoms with Gasteiger partial charge < -0.3 is 4.74 Å². The first-order chi connectivity index (χ1) is 7.63. The van der Waals surface area contributed by atoms with Gasteiger partial charge in [-0.3, -0.25) is 10.1 Å². The van der Waals surface area contributed by atoms with Crippen molar-refractivity contribution in [3.8, 4) is 5.75 Å². The van der Waals surface area contributed by atoms with Crippen LogP contribution < -0.4 is 4.74 Å². The predicted molar refractivity (Wildman–Crippen MR) is 62.9 cm³/mol. The van der Waals surface area contributed by atoms with E-state index in [9.17, 15) is 10.1 Å². The molecule has 86 valence electrons. The van der Waals surface area contributed by atoms with Gasteiger partial charge in [-0.05, 0) is 24.1 Å². The van der Waals surface area contributed by atoms with Crippen LogP contribution in [0, 0.1) is 10.1 Å². The zero-order valence-corrected chi connectivity index (χ0v) is 9.47. The van der Waals surface area contributed by atoms with Crippen molar-refractivity contribution in [1.82, 2.24) is 0 Å². The Morgan fingerprint density at radius 2 is 2.31 bits per heavy atom. The summed E-state index contributed by atoms with van der Waals surface area (Å²) in [6, 6.07) is 7.27. The SMILES string of the molecule is CCCOc1cccc(C=C(C)[N+](=O)[O-])c1. The summed E-state index contributed by atoms with van der Waals surface area (Å²) in [6.07, 6.45) is 2.47. The van der Waals surface area contributed by atoms with Crippen LogP contribution in [0.4, 0.5) is 0 Å². The van der Waals surface area contributed by atoms with Gasteiger partial charge in [0.2, 0.25) is 5.70 Å². The van der Waals surface area contributed by atoms with Crippen LogP contribution in [-0.2, 0) is 0 Å². The average molecular weight is 221 g/mol. The largest absolute Gasteiger partial charge is 0.494 e. The monoisotopic (exact) mass is 221 g/mol. The quantitative estimate of drug-likeness (QED) is 0.567. The maximum atomic E-state index is 10.5. The Balaban J connectivity index is 2.82. The Morgan fingerprint density at radius 1 is 1.56 bits per heavy atom. The summed E-state index contributed by atoms with van der Waals surface area (Å²) >= 11 is 0. The van der Waals surface area contributed by atoms with Crippen LogP contribution in [0.5, 0.6) is 5.75 Å². The molecule has 0 saturated carbocycles. The number of benzene rings is 1. The topological polar surface area (TPSA) is 52.4 Å². The van der Waals surface area contributed by atoms with Crippen molar-refractivity contribution < 1.29 is 9.66 Å². The molecule has 0 fully saturated rings. The third kappa shape index (κ3) is 3.73. The number of ether oxygens (including phenoxy) is 1. The Bertz CT molecular complexity index is 399. The average Bonchev–Trinajstić information content (AvgIpc) is 2.26. The fourth-order valence-corrected chi connectivity index (χ4v) is 1.21. The fourth-order valence-electron chi connectivity index (χ4n) is 1.21. The number of rotatable bonds is 5. The zero-order valence-electron chi connectivity index (χ0n) is 9.47. The van der Waals surface area contributed by atoms with Crippen molar-refractivity contribution in [3.63, 3.8) is 0 Å². The first-order valence-electron chi connectivity index (χ1n) is 5.19. The van der Waals surface area contributed by atoms with Crippen LogP contribution in [0.15, 0.2) is 30.0 Å². The molecule has 0 aliphatic heterocycles. The molecule has 0 atom stereocenters. The molecule has 1 rings (SSSR count). The molecule has 4 nitrogen and oxygen atoms in total. The van der Waals surface area contributed by atoms with Crippen LogP contribution in [0.25, 0.3) is 6.08 Å². The molecule has 0 spiro atoms. The highest BCUT2D eigenvalue weighted by molar-refractivity contribution is 5.52. The highest BCUT2D eigenvalue weighted by Gasteiger charge is 2.02. The van der Waals surface area contributed by atoms with E-state index in [0.29, 0.717) is 6.61 Å². The van der Waals surface area contributed by atoms with Gasteiger partial charge in [-0.25, -0.2) is 0 Å². The van der Waals surface area contributed by atoms with Crippen LogP contribution in [0.1, 0.15) is 25.8 Å². The van der Waals surface area contributed by atoms with E-state index in [1.165, 1.54) is 13.0 Å². The number of nitro groups is 1. The molecule has 4 heteroatoms. The lowest BCUT2D eigenvalue weighted by Crippen LogP contribution is -1.95. The zero-order chi connectivity index (χ0) is 12.0. The van der Waals surface area contributed by atoms with Crippen molar-refractivity contribution in [1.29, 1.82) is 0 Å². The normalized spacial score (nSPS) is 11.2. The minimum absolute atomic E-state index is 0.118. The molecule has 0 amide bonds. The summed E-state index contributed by atoms with van der Waals surface area (Å²) in [7, 11) is 0. The summed E-state index contributed by atoms with van der Waals surface area (Å²) in [6.45, 7) is 4.15. The van der Waals surface area contributed by atoms with Gasteiger partial charge in [0, 0.05) is 13.0 Å². The fraction of sp³-hybridized carbons (Fsp3) is 0.333. The van der Waals surface area contributed by atoms with Gasteiger partial charge in [-0.2, -0.15) is 0 Å². The minimum atomic E-state index is -0.403. The molecule has 0 aliphatic carbocycles. The molecular weight excluding hydrogens is 206 g/mol. The molecule has 0 heterocycles.